The normalized spacial score (nSPS) is 26.6. The lowest BCUT2D eigenvalue weighted by Gasteiger charge is -2.15. The number of aryl methyl sites for hydroxylation is 2. The van der Waals surface area contributed by atoms with Gasteiger partial charge in [0.2, 0.25) is 0 Å². The van der Waals surface area contributed by atoms with E-state index in [0.717, 1.165) is 19.3 Å². The van der Waals surface area contributed by atoms with Crippen LogP contribution in [0.1, 0.15) is 44.1 Å². The number of hydrogen-bond donors (Lipinski definition) is 1. The van der Waals surface area contributed by atoms with Gasteiger partial charge in [-0.05, 0) is 37.2 Å². The fraction of sp³-hybridized carbons (Fsp3) is 0.769. The molecule has 3 heteroatoms. The molecule has 90 valence electrons. The van der Waals surface area contributed by atoms with E-state index in [1.54, 1.807) is 0 Å². The molecule has 1 N–H and O–H groups in total. The Bertz CT molecular complexity index is 321. The number of aliphatic hydroxyl groups is 1. The van der Waals surface area contributed by atoms with Crippen molar-refractivity contribution in [2.75, 3.05) is 0 Å². The standard InChI is InChI=1S/C13H22N2O/c1-15-10-12(9-14-15)7-6-11-4-2-3-5-13(16)8-11/h9-11,13,16H,2-8H2,1H3. The second kappa shape index (κ2) is 5.48. The average molecular weight is 222 g/mol. The topological polar surface area (TPSA) is 38.0 Å². The molecule has 1 saturated carbocycles. The summed E-state index contributed by atoms with van der Waals surface area (Å²) in [5.41, 5.74) is 1.32. The Morgan fingerprint density at radius 2 is 2.25 bits per heavy atom. The zero-order chi connectivity index (χ0) is 11.4. The van der Waals surface area contributed by atoms with E-state index in [1.165, 1.54) is 31.2 Å². The SMILES string of the molecule is Cn1cc(CCC2CCCCC(O)C2)cn1. The van der Waals surface area contributed by atoms with Gasteiger partial charge in [0.15, 0.2) is 0 Å². The Kier molecular flexibility index (Phi) is 3.99. The summed E-state index contributed by atoms with van der Waals surface area (Å²) < 4.78 is 1.86. The van der Waals surface area contributed by atoms with Crippen molar-refractivity contribution in [1.82, 2.24) is 9.78 Å². The van der Waals surface area contributed by atoms with Crippen LogP contribution in [0.5, 0.6) is 0 Å². The highest BCUT2D eigenvalue weighted by molar-refractivity contribution is 5.03. The molecule has 2 unspecified atom stereocenters. The molecule has 0 aliphatic heterocycles. The summed E-state index contributed by atoms with van der Waals surface area (Å²) >= 11 is 0. The Labute approximate surface area is 97.5 Å². The van der Waals surface area contributed by atoms with E-state index in [2.05, 4.69) is 11.3 Å². The molecule has 0 saturated heterocycles. The first-order valence-electron chi connectivity index (χ1n) is 6.39. The van der Waals surface area contributed by atoms with E-state index in [1.807, 2.05) is 17.9 Å². The lowest BCUT2D eigenvalue weighted by atomic mass is 9.93. The highest BCUT2D eigenvalue weighted by atomic mass is 16.3. The Morgan fingerprint density at radius 1 is 1.44 bits per heavy atom. The minimum absolute atomic E-state index is 0.0543. The van der Waals surface area contributed by atoms with Crippen LogP contribution in [-0.2, 0) is 13.5 Å². The van der Waals surface area contributed by atoms with Crippen molar-refractivity contribution < 1.29 is 5.11 Å². The highest BCUT2D eigenvalue weighted by Crippen LogP contribution is 2.26. The summed E-state index contributed by atoms with van der Waals surface area (Å²) in [7, 11) is 1.96. The second-order valence-electron chi connectivity index (χ2n) is 5.10. The fourth-order valence-electron chi connectivity index (χ4n) is 2.67. The van der Waals surface area contributed by atoms with Gasteiger partial charge in [0.25, 0.3) is 0 Å². The lowest BCUT2D eigenvalue weighted by Crippen LogP contribution is -2.11. The predicted octanol–water partition coefficient (Wildman–Crippen LogP) is 2.29. The predicted molar refractivity (Wildman–Crippen MR) is 64.1 cm³/mol. The quantitative estimate of drug-likeness (QED) is 0.797. The highest BCUT2D eigenvalue weighted by Gasteiger charge is 2.18. The van der Waals surface area contributed by atoms with Crippen molar-refractivity contribution in [3.63, 3.8) is 0 Å². The first kappa shape index (κ1) is 11.6. The fourth-order valence-corrected chi connectivity index (χ4v) is 2.67. The minimum Gasteiger partial charge on any atom is -0.393 e. The molecule has 1 aromatic rings. The van der Waals surface area contributed by atoms with E-state index in [4.69, 9.17) is 0 Å². The monoisotopic (exact) mass is 222 g/mol. The van der Waals surface area contributed by atoms with E-state index in [0.29, 0.717) is 5.92 Å². The molecule has 2 atom stereocenters. The molecule has 0 bridgehead atoms. The van der Waals surface area contributed by atoms with Gasteiger partial charge < -0.3 is 5.11 Å². The third-order valence-corrected chi connectivity index (χ3v) is 3.60. The van der Waals surface area contributed by atoms with Crippen LogP contribution in [0.25, 0.3) is 0 Å². The maximum atomic E-state index is 9.74. The van der Waals surface area contributed by atoms with Gasteiger partial charge in [-0.3, -0.25) is 4.68 Å². The summed E-state index contributed by atoms with van der Waals surface area (Å²) in [5.74, 6) is 0.706. The van der Waals surface area contributed by atoms with Gasteiger partial charge in [0.05, 0.1) is 12.3 Å². The molecule has 0 radical (unpaired) electrons. The number of aliphatic hydroxyl groups excluding tert-OH is 1. The molecular weight excluding hydrogens is 200 g/mol. The molecule has 0 aromatic carbocycles. The molecule has 16 heavy (non-hydrogen) atoms. The van der Waals surface area contributed by atoms with Crippen LogP contribution < -0.4 is 0 Å². The molecule has 0 amide bonds. The molecule has 1 fully saturated rings. The average Bonchev–Trinajstić information content (AvgIpc) is 2.55. The van der Waals surface area contributed by atoms with Crippen LogP contribution >= 0.6 is 0 Å². The van der Waals surface area contributed by atoms with E-state index in [-0.39, 0.29) is 6.10 Å². The summed E-state index contributed by atoms with van der Waals surface area (Å²) in [6, 6.07) is 0. The third kappa shape index (κ3) is 3.34. The largest absolute Gasteiger partial charge is 0.393 e. The summed E-state index contributed by atoms with van der Waals surface area (Å²) in [5, 5.41) is 13.9. The molecule has 1 aliphatic carbocycles. The van der Waals surface area contributed by atoms with Crippen molar-refractivity contribution in [2.45, 2.75) is 51.0 Å². The lowest BCUT2D eigenvalue weighted by molar-refractivity contribution is 0.139. The Balaban J connectivity index is 1.80. The molecule has 3 nitrogen and oxygen atoms in total. The van der Waals surface area contributed by atoms with Gasteiger partial charge in [0.1, 0.15) is 0 Å². The Hall–Kier alpha value is -0.830. The van der Waals surface area contributed by atoms with Gasteiger partial charge in [-0.1, -0.05) is 19.3 Å². The van der Waals surface area contributed by atoms with Crippen LogP contribution in [0.15, 0.2) is 12.4 Å². The third-order valence-electron chi connectivity index (χ3n) is 3.60. The minimum atomic E-state index is -0.0543. The number of rotatable bonds is 3. The van der Waals surface area contributed by atoms with Gasteiger partial charge in [-0.2, -0.15) is 5.10 Å². The first-order valence-corrected chi connectivity index (χ1v) is 6.39. The van der Waals surface area contributed by atoms with Crippen molar-refractivity contribution in [3.8, 4) is 0 Å². The van der Waals surface area contributed by atoms with Crippen LogP contribution in [-0.4, -0.2) is 21.0 Å². The van der Waals surface area contributed by atoms with Crippen LogP contribution in [0.3, 0.4) is 0 Å². The van der Waals surface area contributed by atoms with Crippen molar-refractivity contribution >= 4 is 0 Å². The van der Waals surface area contributed by atoms with Crippen LogP contribution in [0.2, 0.25) is 0 Å². The number of hydrogen-bond acceptors (Lipinski definition) is 2. The summed E-state index contributed by atoms with van der Waals surface area (Å²) in [4.78, 5) is 0. The number of nitrogens with zero attached hydrogens (tertiary/aromatic N) is 2. The second-order valence-corrected chi connectivity index (χ2v) is 5.10. The maximum Gasteiger partial charge on any atom is 0.0542 e. The van der Waals surface area contributed by atoms with Gasteiger partial charge in [0, 0.05) is 13.2 Å². The molecule has 2 rings (SSSR count). The number of aromatic nitrogens is 2. The van der Waals surface area contributed by atoms with E-state index in [9.17, 15) is 5.11 Å². The molecule has 0 spiro atoms. The van der Waals surface area contributed by atoms with Crippen molar-refractivity contribution in [1.29, 1.82) is 0 Å². The van der Waals surface area contributed by atoms with Crippen LogP contribution in [0, 0.1) is 5.92 Å². The Morgan fingerprint density at radius 3 is 3.00 bits per heavy atom. The zero-order valence-corrected chi connectivity index (χ0v) is 10.1. The van der Waals surface area contributed by atoms with Crippen molar-refractivity contribution in [3.05, 3.63) is 18.0 Å². The zero-order valence-electron chi connectivity index (χ0n) is 10.1. The molecule has 1 aromatic heterocycles. The van der Waals surface area contributed by atoms with E-state index >= 15 is 0 Å². The first-order chi connectivity index (χ1) is 7.74. The maximum absolute atomic E-state index is 9.74. The van der Waals surface area contributed by atoms with E-state index < -0.39 is 0 Å². The van der Waals surface area contributed by atoms with Gasteiger partial charge in [-0.15, -0.1) is 0 Å². The van der Waals surface area contributed by atoms with Crippen molar-refractivity contribution in [2.24, 2.45) is 13.0 Å². The molecular formula is C13H22N2O. The summed E-state index contributed by atoms with van der Waals surface area (Å²) in [6.45, 7) is 0. The van der Waals surface area contributed by atoms with Gasteiger partial charge in [-0.25, -0.2) is 0 Å². The van der Waals surface area contributed by atoms with Crippen LogP contribution in [0.4, 0.5) is 0 Å². The summed E-state index contributed by atoms with van der Waals surface area (Å²) in [6.07, 6.45) is 12.1. The molecule has 1 aliphatic rings. The smallest absolute Gasteiger partial charge is 0.0542 e. The van der Waals surface area contributed by atoms with Gasteiger partial charge >= 0.3 is 0 Å². The molecule has 1 heterocycles.